The van der Waals surface area contributed by atoms with Crippen LogP contribution in [0.4, 0.5) is 5.69 Å². The summed E-state index contributed by atoms with van der Waals surface area (Å²) in [6.45, 7) is 1.00. The van der Waals surface area contributed by atoms with Gasteiger partial charge in [0.15, 0.2) is 0 Å². The van der Waals surface area contributed by atoms with Crippen molar-refractivity contribution in [3.05, 3.63) is 37.1 Å². The molecule has 0 radical (unpaired) electrons. The number of nitrogens with zero attached hydrogens (tertiary/aromatic N) is 3. The van der Waals surface area contributed by atoms with Gasteiger partial charge in [0.05, 0.1) is 23.2 Å². The molecule has 5 heteroatoms. The molecule has 2 aromatic rings. The Balaban J connectivity index is 1.70. The van der Waals surface area contributed by atoms with Crippen LogP contribution in [0, 0.1) is 0 Å². The maximum atomic E-state index is 5.56. The van der Waals surface area contributed by atoms with Gasteiger partial charge in [0.25, 0.3) is 0 Å². The molecule has 0 atom stereocenters. The number of thioether (sulfide) groups is 1. The highest BCUT2D eigenvalue weighted by atomic mass is 32.2. The number of pyridine rings is 1. The lowest BCUT2D eigenvalue weighted by Crippen LogP contribution is -1.95. The summed E-state index contributed by atoms with van der Waals surface area (Å²) in [4.78, 5) is 8.23. The molecule has 4 nitrogen and oxygen atoms in total. The normalized spacial score (nSPS) is 10.5. The van der Waals surface area contributed by atoms with E-state index in [9.17, 15) is 0 Å². The van der Waals surface area contributed by atoms with Crippen LogP contribution in [0.1, 0.15) is 6.42 Å². The zero-order valence-electron chi connectivity index (χ0n) is 8.91. The van der Waals surface area contributed by atoms with Gasteiger partial charge in [-0.05, 0) is 18.6 Å². The number of nitrogen functional groups attached to an aromatic ring is 1. The Kier molecular flexibility index (Phi) is 3.82. The van der Waals surface area contributed by atoms with Crippen LogP contribution in [0.15, 0.2) is 42.1 Å². The summed E-state index contributed by atoms with van der Waals surface area (Å²) in [5.41, 5.74) is 6.27. The molecule has 0 unspecified atom stereocenters. The van der Waals surface area contributed by atoms with Crippen LogP contribution in [0.3, 0.4) is 0 Å². The topological polar surface area (TPSA) is 56.7 Å². The fourth-order valence-electron chi connectivity index (χ4n) is 1.32. The van der Waals surface area contributed by atoms with E-state index in [-0.39, 0.29) is 0 Å². The van der Waals surface area contributed by atoms with Crippen molar-refractivity contribution in [2.75, 3.05) is 11.5 Å². The molecule has 0 fully saturated rings. The molecule has 16 heavy (non-hydrogen) atoms. The molecule has 0 bridgehead atoms. The van der Waals surface area contributed by atoms with Gasteiger partial charge in [0, 0.05) is 24.7 Å². The first kappa shape index (κ1) is 11.0. The van der Waals surface area contributed by atoms with E-state index in [1.54, 1.807) is 24.2 Å². The molecular formula is C11H14N4S. The van der Waals surface area contributed by atoms with E-state index in [4.69, 9.17) is 5.73 Å². The van der Waals surface area contributed by atoms with Gasteiger partial charge >= 0.3 is 0 Å². The van der Waals surface area contributed by atoms with Crippen molar-refractivity contribution in [2.45, 2.75) is 18.0 Å². The minimum Gasteiger partial charge on any atom is -0.397 e. The molecule has 0 spiro atoms. The highest BCUT2D eigenvalue weighted by molar-refractivity contribution is 7.99. The van der Waals surface area contributed by atoms with Crippen molar-refractivity contribution in [3.8, 4) is 0 Å². The fraction of sp³-hybridized carbons (Fsp3) is 0.273. The van der Waals surface area contributed by atoms with E-state index in [2.05, 4.69) is 14.5 Å². The first-order valence-corrected chi connectivity index (χ1v) is 6.13. The van der Waals surface area contributed by atoms with Gasteiger partial charge in [0.1, 0.15) is 0 Å². The van der Waals surface area contributed by atoms with Gasteiger partial charge in [-0.2, -0.15) is 0 Å². The lowest BCUT2D eigenvalue weighted by atomic mass is 10.4. The molecule has 0 aromatic carbocycles. The largest absolute Gasteiger partial charge is 0.397 e. The molecule has 0 aliphatic heterocycles. The molecule has 0 saturated carbocycles. The van der Waals surface area contributed by atoms with Crippen LogP contribution in [-0.4, -0.2) is 20.3 Å². The minimum absolute atomic E-state index is 0.711. The number of aryl methyl sites for hydroxylation is 1. The number of hydrogen-bond acceptors (Lipinski definition) is 4. The van der Waals surface area contributed by atoms with E-state index in [1.807, 2.05) is 24.7 Å². The van der Waals surface area contributed by atoms with Crippen LogP contribution < -0.4 is 5.73 Å². The monoisotopic (exact) mass is 234 g/mol. The molecule has 0 aliphatic carbocycles. The number of anilines is 1. The van der Waals surface area contributed by atoms with Gasteiger partial charge in [-0.25, -0.2) is 9.97 Å². The average Bonchev–Trinajstić information content (AvgIpc) is 2.80. The van der Waals surface area contributed by atoms with Crippen LogP contribution in [-0.2, 0) is 6.54 Å². The maximum absolute atomic E-state index is 5.56. The molecule has 84 valence electrons. The van der Waals surface area contributed by atoms with Gasteiger partial charge in [-0.15, -0.1) is 11.8 Å². The lowest BCUT2D eigenvalue weighted by molar-refractivity contribution is 0.683. The van der Waals surface area contributed by atoms with Crippen molar-refractivity contribution < 1.29 is 0 Å². The summed E-state index contributed by atoms with van der Waals surface area (Å²) in [6, 6.07) is 3.84. The average molecular weight is 234 g/mol. The van der Waals surface area contributed by atoms with Gasteiger partial charge in [-0.3, -0.25) is 0 Å². The maximum Gasteiger partial charge on any atom is 0.0961 e. The predicted molar refractivity (Wildman–Crippen MR) is 66.2 cm³/mol. The number of nitrogens with two attached hydrogens (primary N) is 1. The predicted octanol–water partition coefficient (Wildman–Crippen LogP) is 2.04. The van der Waals surface area contributed by atoms with E-state index in [0.29, 0.717) is 5.69 Å². The van der Waals surface area contributed by atoms with Crippen molar-refractivity contribution in [2.24, 2.45) is 0 Å². The fourth-order valence-corrected chi connectivity index (χ4v) is 2.09. The summed E-state index contributed by atoms with van der Waals surface area (Å²) in [7, 11) is 0. The summed E-state index contributed by atoms with van der Waals surface area (Å²) >= 11 is 1.75. The Morgan fingerprint density at radius 2 is 2.31 bits per heavy atom. The standard InChI is InChI=1S/C11H14N4S/c12-10-2-3-11(14-8-10)16-7-1-5-15-6-4-13-9-15/h2-4,6,8-9H,1,5,7,12H2. The third kappa shape index (κ3) is 3.27. The zero-order chi connectivity index (χ0) is 11.2. The Labute approximate surface area is 98.9 Å². The first-order chi connectivity index (χ1) is 7.84. The van der Waals surface area contributed by atoms with Gasteiger partial charge < -0.3 is 10.3 Å². The van der Waals surface area contributed by atoms with Gasteiger partial charge in [0.2, 0.25) is 0 Å². The van der Waals surface area contributed by atoms with Crippen LogP contribution >= 0.6 is 11.8 Å². The molecule has 2 aromatic heterocycles. The third-order valence-corrected chi connectivity index (χ3v) is 3.16. The Morgan fingerprint density at radius 1 is 1.38 bits per heavy atom. The number of aromatic nitrogens is 3. The molecule has 0 saturated heterocycles. The summed E-state index contributed by atoms with van der Waals surface area (Å²) in [5.74, 6) is 1.05. The van der Waals surface area contributed by atoms with Gasteiger partial charge in [-0.1, -0.05) is 0 Å². The van der Waals surface area contributed by atoms with E-state index in [0.717, 1.165) is 23.7 Å². The highest BCUT2D eigenvalue weighted by Crippen LogP contribution is 2.16. The Bertz CT molecular complexity index is 410. The molecule has 2 heterocycles. The van der Waals surface area contributed by atoms with Crippen LogP contribution in [0.2, 0.25) is 0 Å². The summed E-state index contributed by atoms with van der Waals surface area (Å²) in [6.07, 6.45) is 8.41. The minimum atomic E-state index is 0.711. The first-order valence-electron chi connectivity index (χ1n) is 5.14. The van der Waals surface area contributed by atoms with E-state index < -0.39 is 0 Å². The van der Waals surface area contributed by atoms with Crippen LogP contribution in [0.5, 0.6) is 0 Å². The molecule has 2 rings (SSSR count). The quantitative estimate of drug-likeness (QED) is 0.635. The number of imidazole rings is 1. The molecule has 0 aliphatic rings. The number of hydrogen-bond donors (Lipinski definition) is 1. The Hall–Kier alpha value is -1.49. The third-order valence-electron chi connectivity index (χ3n) is 2.13. The highest BCUT2D eigenvalue weighted by Gasteiger charge is 1.96. The number of rotatable bonds is 5. The van der Waals surface area contributed by atoms with Crippen molar-refractivity contribution in [1.29, 1.82) is 0 Å². The zero-order valence-corrected chi connectivity index (χ0v) is 9.73. The van der Waals surface area contributed by atoms with Crippen molar-refractivity contribution in [1.82, 2.24) is 14.5 Å². The van der Waals surface area contributed by atoms with E-state index in [1.165, 1.54) is 0 Å². The lowest BCUT2D eigenvalue weighted by Gasteiger charge is -2.02. The van der Waals surface area contributed by atoms with Crippen molar-refractivity contribution >= 4 is 17.4 Å². The van der Waals surface area contributed by atoms with E-state index >= 15 is 0 Å². The summed E-state index contributed by atoms with van der Waals surface area (Å²) in [5, 5.41) is 1.03. The second-order valence-electron chi connectivity index (χ2n) is 3.43. The molecule has 2 N–H and O–H groups in total. The second-order valence-corrected chi connectivity index (χ2v) is 4.55. The SMILES string of the molecule is Nc1ccc(SCCCn2ccnc2)nc1. The van der Waals surface area contributed by atoms with Crippen molar-refractivity contribution in [3.63, 3.8) is 0 Å². The smallest absolute Gasteiger partial charge is 0.0961 e. The Morgan fingerprint density at radius 3 is 3.00 bits per heavy atom. The van der Waals surface area contributed by atoms with Crippen LogP contribution in [0.25, 0.3) is 0 Å². The molecule has 0 amide bonds. The summed E-state index contributed by atoms with van der Waals surface area (Å²) < 4.78 is 2.08. The molecular weight excluding hydrogens is 220 g/mol. The second kappa shape index (κ2) is 5.55.